The van der Waals surface area contributed by atoms with E-state index in [4.69, 9.17) is 9.47 Å². The molecule has 0 radical (unpaired) electrons. The third kappa shape index (κ3) is 6.11. The van der Waals surface area contributed by atoms with Gasteiger partial charge in [0.15, 0.2) is 23.3 Å². The molecule has 3 N–H and O–H groups in total. The Morgan fingerprint density at radius 1 is 1.07 bits per heavy atom. The second-order valence-corrected chi connectivity index (χ2v) is 10.6. The molecular weight excluding hydrogens is 550 g/mol. The van der Waals surface area contributed by atoms with Gasteiger partial charge >= 0.3 is 12.0 Å². The number of aryl methyl sites for hydroxylation is 1. The zero-order chi connectivity index (χ0) is 29.8. The molecule has 0 bridgehead atoms. The van der Waals surface area contributed by atoms with E-state index in [0.29, 0.717) is 35.6 Å². The SMILES string of the molecule is CCNC(=O)Nc1ncnc2c1ncn2C1CC(CCCc2ncccc2C(=O)O)C2O[C@H](C=Cc3ccccc3)OC21. The second-order valence-electron chi connectivity index (χ2n) is 10.6. The maximum atomic E-state index is 12.2. The highest BCUT2D eigenvalue weighted by atomic mass is 16.7. The van der Waals surface area contributed by atoms with Crippen molar-refractivity contribution in [1.29, 1.82) is 0 Å². The first kappa shape index (κ1) is 28.4. The number of benzene rings is 1. The molecule has 2 amide bonds. The van der Waals surface area contributed by atoms with Gasteiger partial charge in [-0.3, -0.25) is 10.3 Å². The lowest BCUT2D eigenvalue weighted by molar-refractivity contribution is -0.0507. The predicted molar refractivity (Wildman–Crippen MR) is 158 cm³/mol. The van der Waals surface area contributed by atoms with Gasteiger partial charge in [0, 0.05) is 12.7 Å². The molecule has 2 aliphatic rings. The van der Waals surface area contributed by atoms with E-state index in [1.54, 1.807) is 24.7 Å². The number of carboxylic acid groups (broad SMARTS) is 1. The van der Waals surface area contributed by atoms with E-state index in [1.807, 2.05) is 54.0 Å². The van der Waals surface area contributed by atoms with Crippen molar-refractivity contribution in [3.63, 3.8) is 0 Å². The first-order chi connectivity index (χ1) is 21.0. The summed E-state index contributed by atoms with van der Waals surface area (Å²) in [5.41, 5.74) is 2.95. The number of rotatable bonds is 10. The first-order valence-corrected chi connectivity index (χ1v) is 14.5. The maximum Gasteiger partial charge on any atom is 0.337 e. The molecule has 6 rings (SSSR count). The minimum Gasteiger partial charge on any atom is -0.478 e. The Kier molecular flexibility index (Phi) is 8.38. The Hall–Kier alpha value is -4.68. The Morgan fingerprint density at radius 3 is 2.72 bits per heavy atom. The predicted octanol–water partition coefficient (Wildman–Crippen LogP) is 4.47. The number of hydrogen-bond donors (Lipinski definition) is 3. The van der Waals surface area contributed by atoms with Crippen molar-refractivity contribution in [3.05, 3.63) is 84.2 Å². The molecule has 3 aromatic heterocycles. The Bertz CT molecular complexity index is 1630. The smallest absolute Gasteiger partial charge is 0.337 e. The van der Waals surface area contributed by atoms with Crippen molar-refractivity contribution in [2.75, 3.05) is 11.9 Å². The number of fused-ring (bicyclic) bond motifs is 2. The molecule has 1 aromatic carbocycles. The number of urea groups is 1. The van der Waals surface area contributed by atoms with Gasteiger partial charge in [0.1, 0.15) is 12.4 Å². The number of imidazole rings is 1. The number of aromatic carboxylic acids is 1. The van der Waals surface area contributed by atoms with Gasteiger partial charge in [-0.25, -0.2) is 24.5 Å². The molecule has 4 unspecified atom stereocenters. The fourth-order valence-corrected chi connectivity index (χ4v) is 6.02. The van der Waals surface area contributed by atoms with Crippen LogP contribution in [0.1, 0.15) is 53.8 Å². The summed E-state index contributed by atoms with van der Waals surface area (Å²) >= 11 is 0. The standard InChI is InChI=1S/C31H33N7O5/c1-2-32-31(41)37-28-25-29(35-17-34-28)38(18-36-25)23-16-20(10-6-12-22-21(30(39)40)11-7-15-33-22)26-27(23)43-24(42-26)14-13-19-8-4-3-5-9-19/h3-5,7-9,11,13-15,17-18,20,23-24,26-27H,2,6,10,12,16H2,1H3,(H,39,40)(H2,32,34,35,37,41)/t20?,23?,24-,26?,27?/m0/s1. The van der Waals surface area contributed by atoms with E-state index in [2.05, 4.69) is 30.6 Å². The van der Waals surface area contributed by atoms with Crippen molar-refractivity contribution in [2.45, 2.75) is 57.1 Å². The summed E-state index contributed by atoms with van der Waals surface area (Å²) in [6, 6.07) is 12.7. The summed E-state index contributed by atoms with van der Waals surface area (Å²) in [4.78, 5) is 41.5. The van der Waals surface area contributed by atoms with Crippen LogP contribution in [0.4, 0.5) is 10.6 Å². The number of hydrogen-bond acceptors (Lipinski definition) is 8. The molecule has 0 spiro atoms. The molecule has 1 aliphatic heterocycles. The summed E-state index contributed by atoms with van der Waals surface area (Å²) in [7, 11) is 0. The van der Waals surface area contributed by atoms with Crippen LogP contribution in [0.2, 0.25) is 0 Å². The lowest BCUT2D eigenvalue weighted by Gasteiger charge is -2.19. The minimum absolute atomic E-state index is 0.119. The summed E-state index contributed by atoms with van der Waals surface area (Å²) < 4.78 is 15.0. The van der Waals surface area contributed by atoms with E-state index in [9.17, 15) is 14.7 Å². The molecule has 12 nitrogen and oxygen atoms in total. The number of carboxylic acids is 1. The first-order valence-electron chi connectivity index (χ1n) is 14.5. The van der Waals surface area contributed by atoms with Crippen LogP contribution in [0, 0.1) is 5.92 Å². The van der Waals surface area contributed by atoms with Crippen molar-refractivity contribution < 1.29 is 24.2 Å². The third-order valence-corrected chi connectivity index (χ3v) is 7.93. The van der Waals surface area contributed by atoms with Gasteiger partial charge in [-0.05, 0) is 62.3 Å². The van der Waals surface area contributed by atoms with Crippen LogP contribution in [0.25, 0.3) is 17.2 Å². The molecule has 1 saturated carbocycles. The molecule has 222 valence electrons. The zero-order valence-electron chi connectivity index (χ0n) is 23.7. The molecule has 43 heavy (non-hydrogen) atoms. The highest BCUT2D eigenvalue weighted by Gasteiger charge is 2.51. The minimum atomic E-state index is -0.973. The Labute approximate surface area is 248 Å². The highest BCUT2D eigenvalue weighted by Crippen LogP contribution is 2.47. The number of pyridine rings is 1. The van der Waals surface area contributed by atoms with E-state index in [1.165, 1.54) is 6.33 Å². The van der Waals surface area contributed by atoms with Crippen LogP contribution in [-0.2, 0) is 15.9 Å². The average molecular weight is 584 g/mol. The maximum absolute atomic E-state index is 12.2. The number of carbonyl (C=O) groups excluding carboxylic acids is 1. The van der Waals surface area contributed by atoms with Gasteiger partial charge in [0.2, 0.25) is 0 Å². The molecule has 1 saturated heterocycles. The quantitative estimate of drug-likeness (QED) is 0.245. The van der Waals surface area contributed by atoms with E-state index >= 15 is 0 Å². The lowest BCUT2D eigenvalue weighted by Crippen LogP contribution is -2.28. The van der Waals surface area contributed by atoms with E-state index in [0.717, 1.165) is 24.8 Å². The van der Waals surface area contributed by atoms with Crippen molar-refractivity contribution >= 4 is 35.1 Å². The third-order valence-electron chi connectivity index (χ3n) is 7.93. The number of ether oxygens (including phenoxy) is 2. The normalized spacial score (nSPS) is 23.0. The van der Waals surface area contributed by atoms with Crippen LogP contribution in [-0.4, -0.2) is 66.7 Å². The number of aromatic nitrogens is 5. The Morgan fingerprint density at radius 2 is 1.91 bits per heavy atom. The molecule has 1 aliphatic carbocycles. The fraction of sp³-hybridized carbons (Fsp3) is 0.355. The number of anilines is 1. The molecule has 4 heterocycles. The molecule has 12 heteroatoms. The van der Waals surface area contributed by atoms with Crippen molar-refractivity contribution in [2.24, 2.45) is 5.92 Å². The topological polar surface area (TPSA) is 153 Å². The van der Waals surface area contributed by atoms with Gasteiger partial charge in [0.05, 0.1) is 29.7 Å². The largest absolute Gasteiger partial charge is 0.478 e. The summed E-state index contributed by atoms with van der Waals surface area (Å²) in [6.45, 7) is 2.32. The van der Waals surface area contributed by atoms with Crippen LogP contribution in [0.5, 0.6) is 0 Å². The average Bonchev–Trinajstić information content (AvgIpc) is 3.72. The van der Waals surface area contributed by atoms with E-state index in [-0.39, 0.29) is 35.8 Å². The lowest BCUT2D eigenvalue weighted by atomic mass is 9.96. The van der Waals surface area contributed by atoms with Gasteiger partial charge < -0.3 is 24.5 Å². The van der Waals surface area contributed by atoms with E-state index < -0.39 is 12.3 Å². The number of nitrogens with one attached hydrogen (secondary N) is 2. The van der Waals surface area contributed by atoms with Gasteiger partial charge in [-0.1, -0.05) is 36.4 Å². The summed E-state index contributed by atoms with van der Waals surface area (Å²) in [6.07, 6.45) is 10.6. The summed E-state index contributed by atoms with van der Waals surface area (Å²) in [5.74, 6) is -0.494. The number of nitrogens with zero attached hydrogens (tertiary/aromatic N) is 5. The van der Waals surface area contributed by atoms with Crippen LogP contribution in [0.15, 0.2) is 67.4 Å². The zero-order valence-corrected chi connectivity index (χ0v) is 23.7. The monoisotopic (exact) mass is 583 g/mol. The van der Waals surface area contributed by atoms with Crippen molar-refractivity contribution in [1.82, 2.24) is 29.8 Å². The van der Waals surface area contributed by atoms with Crippen molar-refractivity contribution in [3.8, 4) is 0 Å². The Balaban J connectivity index is 1.24. The van der Waals surface area contributed by atoms with Gasteiger partial charge in [0.25, 0.3) is 0 Å². The number of carbonyl (C=O) groups is 2. The molecule has 5 atom stereocenters. The molecule has 2 fully saturated rings. The van der Waals surface area contributed by atoms with Crippen LogP contribution in [0.3, 0.4) is 0 Å². The summed E-state index contributed by atoms with van der Waals surface area (Å²) in [5, 5.41) is 15.0. The van der Waals surface area contributed by atoms with Gasteiger partial charge in [-0.15, -0.1) is 0 Å². The second kappa shape index (κ2) is 12.7. The molecule has 4 aromatic rings. The van der Waals surface area contributed by atoms with Crippen LogP contribution >= 0.6 is 0 Å². The van der Waals surface area contributed by atoms with Crippen LogP contribution < -0.4 is 10.6 Å². The number of amides is 2. The fourth-order valence-electron chi connectivity index (χ4n) is 6.02. The molecular formula is C31H33N7O5. The van der Waals surface area contributed by atoms with Gasteiger partial charge in [-0.2, -0.15) is 0 Å². The highest BCUT2D eigenvalue weighted by molar-refractivity contribution is 5.95.